The van der Waals surface area contributed by atoms with Gasteiger partial charge in [-0.1, -0.05) is 62.7 Å². The fraction of sp³-hybridized carbons (Fsp3) is 0.318. The quantitative estimate of drug-likeness (QED) is 0.561. The van der Waals surface area contributed by atoms with Crippen LogP contribution in [0.3, 0.4) is 0 Å². The van der Waals surface area contributed by atoms with Crippen molar-refractivity contribution in [2.45, 2.75) is 33.1 Å². The number of ketones is 1. The molecule has 0 bridgehead atoms. The van der Waals surface area contributed by atoms with Crippen molar-refractivity contribution in [1.29, 1.82) is 0 Å². The highest BCUT2D eigenvalue weighted by Gasteiger charge is 2.27. The average molecular weight is 367 g/mol. The molecule has 5 nitrogen and oxygen atoms in total. The molecule has 2 atom stereocenters. The molecule has 0 radical (unpaired) electrons. The predicted molar refractivity (Wildman–Crippen MR) is 105 cm³/mol. The van der Waals surface area contributed by atoms with Gasteiger partial charge in [0.15, 0.2) is 12.4 Å². The zero-order valence-corrected chi connectivity index (χ0v) is 15.9. The van der Waals surface area contributed by atoms with Gasteiger partial charge in [-0.05, 0) is 30.5 Å². The molecule has 27 heavy (non-hydrogen) atoms. The summed E-state index contributed by atoms with van der Waals surface area (Å²) in [4.78, 5) is 36.1. The van der Waals surface area contributed by atoms with E-state index in [1.165, 1.54) is 6.92 Å². The second kappa shape index (κ2) is 9.67. The molecule has 2 aromatic rings. The number of amides is 1. The highest BCUT2D eigenvalue weighted by molar-refractivity contribution is 5.97. The zero-order chi connectivity index (χ0) is 19.8. The SMILES string of the molecule is CCC(C)C(C(=O)OCC(=O)Nc1cccc(C(C)=O)c1)c1ccccc1. The minimum atomic E-state index is -0.444. The van der Waals surface area contributed by atoms with Gasteiger partial charge in [0.25, 0.3) is 5.91 Å². The Labute approximate surface area is 159 Å². The van der Waals surface area contributed by atoms with Crippen LogP contribution in [0, 0.1) is 5.92 Å². The van der Waals surface area contributed by atoms with Gasteiger partial charge in [0.05, 0.1) is 5.92 Å². The third-order valence-electron chi connectivity index (χ3n) is 4.52. The highest BCUT2D eigenvalue weighted by Crippen LogP contribution is 2.28. The van der Waals surface area contributed by atoms with Crippen molar-refractivity contribution in [2.24, 2.45) is 5.92 Å². The lowest BCUT2D eigenvalue weighted by Gasteiger charge is -2.21. The van der Waals surface area contributed by atoms with E-state index in [2.05, 4.69) is 5.32 Å². The Morgan fingerprint density at radius 2 is 1.74 bits per heavy atom. The molecule has 0 saturated heterocycles. The molecular weight excluding hydrogens is 342 g/mol. The van der Waals surface area contributed by atoms with Crippen LogP contribution < -0.4 is 5.32 Å². The lowest BCUT2D eigenvalue weighted by Crippen LogP contribution is -2.27. The van der Waals surface area contributed by atoms with Crippen molar-refractivity contribution in [1.82, 2.24) is 0 Å². The first-order chi connectivity index (χ1) is 12.9. The minimum Gasteiger partial charge on any atom is -0.455 e. The van der Waals surface area contributed by atoms with E-state index in [-0.39, 0.29) is 18.3 Å². The van der Waals surface area contributed by atoms with Crippen molar-refractivity contribution in [3.63, 3.8) is 0 Å². The molecule has 0 spiro atoms. The summed E-state index contributed by atoms with van der Waals surface area (Å²) < 4.78 is 5.28. The van der Waals surface area contributed by atoms with E-state index < -0.39 is 17.8 Å². The van der Waals surface area contributed by atoms with Crippen LogP contribution in [-0.4, -0.2) is 24.3 Å². The first kappa shape index (κ1) is 20.4. The maximum atomic E-state index is 12.6. The third-order valence-corrected chi connectivity index (χ3v) is 4.52. The van der Waals surface area contributed by atoms with Gasteiger partial charge in [-0.15, -0.1) is 0 Å². The molecule has 0 aliphatic carbocycles. The normalized spacial score (nSPS) is 12.7. The topological polar surface area (TPSA) is 72.5 Å². The molecule has 2 aromatic carbocycles. The summed E-state index contributed by atoms with van der Waals surface area (Å²) in [5, 5.41) is 2.65. The molecule has 5 heteroatoms. The van der Waals surface area contributed by atoms with E-state index in [9.17, 15) is 14.4 Å². The van der Waals surface area contributed by atoms with Gasteiger partial charge >= 0.3 is 5.97 Å². The van der Waals surface area contributed by atoms with Crippen LogP contribution in [0.4, 0.5) is 5.69 Å². The Hall–Kier alpha value is -2.95. The fourth-order valence-electron chi connectivity index (χ4n) is 2.83. The van der Waals surface area contributed by atoms with Crippen molar-refractivity contribution >= 4 is 23.3 Å². The van der Waals surface area contributed by atoms with Crippen molar-refractivity contribution < 1.29 is 19.1 Å². The predicted octanol–water partition coefficient (Wildman–Crippen LogP) is 4.20. The van der Waals surface area contributed by atoms with Gasteiger partial charge in [0.2, 0.25) is 0 Å². The monoisotopic (exact) mass is 367 g/mol. The number of esters is 1. The zero-order valence-electron chi connectivity index (χ0n) is 15.9. The fourth-order valence-corrected chi connectivity index (χ4v) is 2.83. The van der Waals surface area contributed by atoms with E-state index >= 15 is 0 Å². The molecule has 0 heterocycles. The number of ether oxygens (including phenoxy) is 1. The smallest absolute Gasteiger partial charge is 0.314 e. The molecule has 0 aromatic heterocycles. The summed E-state index contributed by atoms with van der Waals surface area (Å²) in [6.45, 7) is 5.10. The van der Waals surface area contributed by atoms with Gasteiger partial charge in [0, 0.05) is 11.3 Å². The maximum Gasteiger partial charge on any atom is 0.314 e. The lowest BCUT2D eigenvalue weighted by atomic mass is 9.86. The van der Waals surface area contributed by atoms with Crippen LogP contribution in [0.25, 0.3) is 0 Å². The molecule has 142 valence electrons. The van der Waals surface area contributed by atoms with E-state index in [0.717, 1.165) is 12.0 Å². The Morgan fingerprint density at radius 1 is 1.04 bits per heavy atom. The Bertz CT molecular complexity index is 801. The van der Waals surface area contributed by atoms with Crippen LogP contribution in [0.15, 0.2) is 54.6 Å². The second-order valence-electron chi connectivity index (χ2n) is 6.57. The first-order valence-corrected chi connectivity index (χ1v) is 9.04. The lowest BCUT2D eigenvalue weighted by molar-refractivity contribution is -0.150. The van der Waals surface area contributed by atoms with E-state index in [4.69, 9.17) is 4.74 Å². The Kier molecular flexibility index (Phi) is 7.29. The molecule has 2 unspecified atom stereocenters. The summed E-state index contributed by atoms with van der Waals surface area (Å²) >= 11 is 0. The van der Waals surface area contributed by atoms with E-state index in [1.54, 1.807) is 24.3 Å². The van der Waals surface area contributed by atoms with Gasteiger partial charge in [0.1, 0.15) is 0 Å². The van der Waals surface area contributed by atoms with Crippen LogP contribution in [0.5, 0.6) is 0 Å². The number of rotatable bonds is 8. The van der Waals surface area contributed by atoms with Gasteiger partial charge < -0.3 is 10.1 Å². The summed E-state index contributed by atoms with van der Waals surface area (Å²) in [6.07, 6.45) is 0.818. The Morgan fingerprint density at radius 3 is 2.37 bits per heavy atom. The third kappa shape index (κ3) is 5.78. The average Bonchev–Trinajstić information content (AvgIpc) is 2.67. The summed E-state index contributed by atoms with van der Waals surface area (Å²) in [7, 11) is 0. The molecule has 0 fully saturated rings. The number of Topliss-reactive ketones (excluding diaryl/α,β-unsaturated/α-hetero) is 1. The molecule has 0 aliphatic rings. The van der Waals surface area contributed by atoms with Crippen molar-refractivity contribution in [2.75, 3.05) is 11.9 Å². The van der Waals surface area contributed by atoms with Crippen LogP contribution in [-0.2, 0) is 14.3 Å². The van der Waals surface area contributed by atoms with Crippen LogP contribution in [0.1, 0.15) is 49.0 Å². The van der Waals surface area contributed by atoms with E-state index in [0.29, 0.717) is 11.3 Å². The highest BCUT2D eigenvalue weighted by atomic mass is 16.5. The Balaban J connectivity index is 1.99. The number of anilines is 1. The standard InChI is InChI=1S/C22H25NO4/c1-4-15(2)21(17-9-6-5-7-10-17)22(26)27-14-20(25)23-19-12-8-11-18(13-19)16(3)24/h5-13,15,21H,4,14H2,1-3H3,(H,23,25). The number of carbonyl (C=O) groups is 3. The molecule has 0 aliphatic heterocycles. The van der Waals surface area contributed by atoms with Crippen LogP contribution in [0.2, 0.25) is 0 Å². The second-order valence-corrected chi connectivity index (χ2v) is 6.57. The van der Waals surface area contributed by atoms with Gasteiger partial charge in [-0.25, -0.2) is 0 Å². The first-order valence-electron chi connectivity index (χ1n) is 9.04. The number of hydrogen-bond donors (Lipinski definition) is 1. The molecule has 0 saturated carbocycles. The molecule has 2 rings (SSSR count). The number of benzene rings is 2. The maximum absolute atomic E-state index is 12.6. The van der Waals surface area contributed by atoms with Gasteiger partial charge in [-0.2, -0.15) is 0 Å². The summed E-state index contributed by atoms with van der Waals surface area (Å²) in [6, 6.07) is 16.1. The number of hydrogen-bond acceptors (Lipinski definition) is 4. The van der Waals surface area contributed by atoms with E-state index in [1.807, 2.05) is 44.2 Å². The summed E-state index contributed by atoms with van der Waals surface area (Å²) in [5.41, 5.74) is 1.88. The van der Waals surface area contributed by atoms with Crippen molar-refractivity contribution in [3.8, 4) is 0 Å². The number of nitrogens with one attached hydrogen (secondary N) is 1. The molecule has 1 amide bonds. The van der Waals surface area contributed by atoms with Crippen molar-refractivity contribution in [3.05, 3.63) is 65.7 Å². The molecular formula is C22H25NO4. The molecule has 1 N–H and O–H groups in total. The number of carbonyl (C=O) groups excluding carboxylic acids is 3. The summed E-state index contributed by atoms with van der Waals surface area (Å²) in [5.74, 6) is -1.26. The van der Waals surface area contributed by atoms with Crippen LogP contribution >= 0.6 is 0 Å². The minimum absolute atomic E-state index is 0.0863. The largest absolute Gasteiger partial charge is 0.455 e. The van der Waals surface area contributed by atoms with Gasteiger partial charge in [-0.3, -0.25) is 14.4 Å².